The first kappa shape index (κ1) is 23.6. The number of aryl methyl sites for hydroxylation is 1. The van der Waals surface area contributed by atoms with E-state index >= 15 is 0 Å². The van der Waals surface area contributed by atoms with Gasteiger partial charge in [-0.1, -0.05) is 57.4 Å². The minimum absolute atomic E-state index is 0.00125. The van der Waals surface area contributed by atoms with E-state index in [2.05, 4.69) is 15.9 Å². The lowest BCUT2D eigenvalue weighted by Gasteiger charge is -2.27. The standard InChI is InChI=1S/C24H20BrClN2O4S/c1-16-2-4-17(5-3-16)15-27(33(31,32)21-12-8-19(26)9-13-21)22-14-23(29)28(24(22)30)20-10-6-18(25)7-11-20/h2-13,22H,14-15H2,1H3. The quantitative estimate of drug-likeness (QED) is 0.410. The van der Waals surface area contributed by atoms with Crippen LogP contribution in [0.25, 0.3) is 0 Å². The molecule has 0 radical (unpaired) electrons. The molecule has 1 aliphatic rings. The second-order valence-corrected chi connectivity index (χ2v) is 11.0. The molecule has 2 amide bonds. The number of benzene rings is 3. The van der Waals surface area contributed by atoms with Crippen molar-refractivity contribution in [3.63, 3.8) is 0 Å². The molecule has 0 aliphatic carbocycles. The molecule has 1 unspecified atom stereocenters. The predicted molar refractivity (Wildman–Crippen MR) is 130 cm³/mol. The van der Waals surface area contributed by atoms with E-state index in [0.29, 0.717) is 16.3 Å². The first-order valence-electron chi connectivity index (χ1n) is 10.1. The van der Waals surface area contributed by atoms with Crippen molar-refractivity contribution in [3.8, 4) is 0 Å². The van der Waals surface area contributed by atoms with Crippen molar-refractivity contribution in [1.29, 1.82) is 0 Å². The maximum atomic E-state index is 13.6. The third-order valence-corrected chi connectivity index (χ3v) is 8.08. The first-order chi connectivity index (χ1) is 15.7. The Kier molecular flexibility index (Phi) is 6.72. The molecule has 0 spiro atoms. The number of imide groups is 1. The maximum absolute atomic E-state index is 13.6. The Morgan fingerprint density at radius 1 is 0.970 bits per heavy atom. The van der Waals surface area contributed by atoms with Crippen LogP contribution >= 0.6 is 27.5 Å². The van der Waals surface area contributed by atoms with E-state index in [1.165, 1.54) is 24.3 Å². The van der Waals surface area contributed by atoms with Gasteiger partial charge < -0.3 is 0 Å². The zero-order chi connectivity index (χ0) is 23.8. The normalized spacial score (nSPS) is 16.6. The molecular formula is C24H20BrClN2O4S. The van der Waals surface area contributed by atoms with Crippen molar-refractivity contribution in [2.45, 2.75) is 30.8 Å². The van der Waals surface area contributed by atoms with Gasteiger partial charge in [0.25, 0.3) is 5.91 Å². The van der Waals surface area contributed by atoms with Gasteiger partial charge in [0.15, 0.2) is 0 Å². The van der Waals surface area contributed by atoms with Crippen LogP contribution in [0, 0.1) is 6.92 Å². The number of halogens is 2. The maximum Gasteiger partial charge on any atom is 0.252 e. The number of amides is 2. The summed E-state index contributed by atoms with van der Waals surface area (Å²) >= 11 is 9.27. The van der Waals surface area contributed by atoms with Crippen LogP contribution in [0.4, 0.5) is 5.69 Å². The van der Waals surface area contributed by atoms with E-state index in [0.717, 1.165) is 19.2 Å². The molecule has 0 saturated carbocycles. The summed E-state index contributed by atoms with van der Waals surface area (Å²) in [5.41, 5.74) is 2.13. The molecular weight excluding hydrogens is 528 g/mol. The van der Waals surface area contributed by atoms with Gasteiger partial charge in [0.1, 0.15) is 6.04 Å². The molecule has 9 heteroatoms. The third-order valence-electron chi connectivity index (χ3n) is 5.43. The number of rotatable bonds is 6. The summed E-state index contributed by atoms with van der Waals surface area (Å²) in [6, 6.07) is 18.7. The van der Waals surface area contributed by atoms with Crippen LogP contribution in [0.1, 0.15) is 17.5 Å². The van der Waals surface area contributed by atoms with Crippen molar-refractivity contribution >= 4 is 55.1 Å². The number of carbonyl (C=O) groups is 2. The Morgan fingerprint density at radius 2 is 1.58 bits per heavy atom. The fourth-order valence-corrected chi connectivity index (χ4v) is 5.64. The lowest BCUT2D eigenvalue weighted by Crippen LogP contribution is -2.45. The van der Waals surface area contributed by atoms with Crippen molar-refractivity contribution in [1.82, 2.24) is 4.31 Å². The van der Waals surface area contributed by atoms with Gasteiger partial charge >= 0.3 is 0 Å². The van der Waals surface area contributed by atoms with Crippen molar-refractivity contribution in [3.05, 3.63) is 93.4 Å². The van der Waals surface area contributed by atoms with Crippen LogP contribution in [-0.2, 0) is 26.2 Å². The fourth-order valence-electron chi connectivity index (χ4n) is 3.68. The molecule has 3 aromatic rings. The molecule has 170 valence electrons. The number of nitrogens with zero attached hydrogens (tertiary/aromatic N) is 2. The monoisotopic (exact) mass is 546 g/mol. The van der Waals surface area contributed by atoms with Crippen molar-refractivity contribution < 1.29 is 18.0 Å². The summed E-state index contributed by atoms with van der Waals surface area (Å²) in [5.74, 6) is -1.03. The largest absolute Gasteiger partial charge is 0.274 e. The van der Waals surface area contributed by atoms with Crippen LogP contribution in [-0.4, -0.2) is 30.6 Å². The zero-order valence-corrected chi connectivity index (χ0v) is 20.8. The van der Waals surface area contributed by atoms with E-state index in [9.17, 15) is 18.0 Å². The van der Waals surface area contributed by atoms with Gasteiger partial charge in [-0.3, -0.25) is 9.59 Å². The molecule has 4 rings (SSSR count). The lowest BCUT2D eigenvalue weighted by atomic mass is 10.1. The number of carbonyl (C=O) groups excluding carboxylic acids is 2. The van der Waals surface area contributed by atoms with E-state index in [-0.39, 0.29) is 17.9 Å². The predicted octanol–water partition coefficient (Wildman–Crippen LogP) is 4.93. The summed E-state index contributed by atoms with van der Waals surface area (Å²) in [5, 5.41) is 0.396. The number of sulfonamides is 1. The molecule has 6 nitrogen and oxygen atoms in total. The molecule has 1 fully saturated rings. The van der Waals surface area contributed by atoms with Gasteiger partial charge in [-0.05, 0) is 61.0 Å². The third kappa shape index (κ3) is 4.89. The van der Waals surface area contributed by atoms with Crippen molar-refractivity contribution in [2.75, 3.05) is 4.90 Å². The molecule has 1 heterocycles. The first-order valence-corrected chi connectivity index (χ1v) is 12.7. The van der Waals surface area contributed by atoms with E-state index in [4.69, 9.17) is 11.6 Å². The van der Waals surface area contributed by atoms with Crippen LogP contribution in [0.15, 0.2) is 82.2 Å². The number of hydrogen-bond donors (Lipinski definition) is 0. The fraction of sp³-hybridized carbons (Fsp3) is 0.167. The SMILES string of the molecule is Cc1ccc(CN(C2CC(=O)N(c3ccc(Br)cc3)C2=O)S(=O)(=O)c2ccc(Cl)cc2)cc1. The summed E-state index contributed by atoms with van der Waals surface area (Å²) in [6.07, 6.45) is -0.242. The summed E-state index contributed by atoms with van der Waals surface area (Å²) < 4.78 is 29.2. The molecule has 1 atom stereocenters. The number of anilines is 1. The highest BCUT2D eigenvalue weighted by molar-refractivity contribution is 9.10. The van der Waals surface area contributed by atoms with Crippen LogP contribution < -0.4 is 4.90 Å². The second kappa shape index (κ2) is 9.38. The molecule has 0 N–H and O–H groups in total. The van der Waals surface area contributed by atoms with E-state index in [1.54, 1.807) is 24.3 Å². The molecule has 3 aromatic carbocycles. The smallest absolute Gasteiger partial charge is 0.252 e. The van der Waals surface area contributed by atoms with Crippen molar-refractivity contribution in [2.24, 2.45) is 0 Å². The van der Waals surface area contributed by atoms with Gasteiger partial charge in [0.2, 0.25) is 15.9 Å². The van der Waals surface area contributed by atoms with Gasteiger partial charge in [0, 0.05) is 16.0 Å². The zero-order valence-electron chi connectivity index (χ0n) is 17.6. The molecule has 33 heavy (non-hydrogen) atoms. The van der Waals surface area contributed by atoms with E-state index < -0.39 is 27.9 Å². The van der Waals surface area contributed by atoms with Gasteiger partial charge in [0.05, 0.1) is 17.0 Å². The topological polar surface area (TPSA) is 74.8 Å². The second-order valence-electron chi connectivity index (χ2n) is 7.75. The average Bonchev–Trinajstić information content (AvgIpc) is 3.07. The molecule has 1 aliphatic heterocycles. The highest BCUT2D eigenvalue weighted by Crippen LogP contribution is 2.31. The molecule has 0 bridgehead atoms. The van der Waals surface area contributed by atoms with E-state index in [1.807, 2.05) is 31.2 Å². The summed E-state index contributed by atoms with van der Waals surface area (Å²) in [4.78, 5) is 27.3. The summed E-state index contributed by atoms with van der Waals surface area (Å²) in [7, 11) is -4.11. The average molecular weight is 548 g/mol. The minimum Gasteiger partial charge on any atom is -0.274 e. The van der Waals surface area contributed by atoms with Crippen LogP contribution in [0.3, 0.4) is 0 Å². The Balaban J connectivity index is 1.74. The highest BCUT2D eigenvalue weighted by atomic mass is 79.9. The minimum atomic E-state index is -4.11. The Hall–Kier alpha value is -2.52. The summed E-state index contributed by atoms with van der Waals surface area (Å²) in [6.45, 7) is 1.88. The Bertz CT molecular complexity index is 1290. The van der Waals surface area contributed by atoms with Gasteiger partial charge in [-0.15, -0.1) is 0 Å². The Labute approximate surface area is 206 Å². The lowest BCUT2D eigenvalue weighted by molar-refractivity contribution is -0.122. The highest BCUT2D eigenvalue weighted by Gasteiger charge is 2.47. The van der Waals surface area contributed by atoms with Gasteiger partial charge in [-0.2, -0.15) is 4.31 Å². The van der Waals surface area contributed by atoms with Gasteiger partial charge in [-0.25, -0.2) is 13.3 Å². The molecule has 0 aromatic heterocycles. The number of hydrogen-bond acceptors (Lipinski definition) is 4. The molecule has 1 saturated heterocycles. The van der Waals surface area contributed by atoms with Crippen LogP contribution in [0.5, 0.6) is 0 Å². The van der Waals surface area contributed by atoms with Crippen LogP contribution in [0.2, 0.25) is 5.02 Å². The Morgan fingerprint density at radius 3 is 2.18 bits per heavy atom.